The van der Waals surface area contributed by atoms with E-state index in [4.69, 9.17) is 11.6 Å². The van der Waals surface area contributed by atoms with Crippen molar-refractivity contribution in [1.29, 1.82) is 0 Å². The monoisotopic (exact) mass is 239 g/mol. The molecule has 0 bridgehead atoms. The summed E-state index contributed by atoms with van der Waals surface area (Å²) in [6, 6.07) is 7.64. The standard InChI is InChI=1S/C10H10ClN3S/c1-2-12-10-14-13-9(15-10)7-5-3-4-6-8(7)11/h3-6H,2H2,1H3,(H,12,14). The van der Waals surface area contributed by atoms with Gasteiger partial charge >= 0.3 is 0 Å². The number of nitrogens with one attached hydrogen (secondary N) is 1. The third-order valence-corrected chi connectivity index (χ3v) is 3.10. The summed E-state index contributed by atoms with van der Waals surface area (Å²) in [6.45, 7) is 2.87. The number of hydrogen-bond acceptors (Lipinski definition) is 4. The Morgan fingerprint density at radius 3 is 2.87 bits per heavy atom. The zero-order valence-electron chi connectivity index (χ0n) is 8.20. The van der Waals surface area contributed by atoms with Gasteiger partial charge in [0.2, 0.25) is 5.13 Å². The molecule has 0 atom stereocenters. The molecule has 1 heterocycles. The maximum absolute atomic E-state index is 6.06. The fourth-order valence-electron chi connectivity index (χ4n) is 1.19. The highest BCUT2D eigenvalue weighted by Crippen LogP contribution is 2.31. The molecule has 0 saturated carbocycles. The maximum Gasteiger partial charge on any atom is 0.205 e. The second kappa shape index (κ2) is 4.59. The van der Waals surface area contributed by atoms with Gasteiger partial charge in [0.15, 0.2) is 5.01 Å². The van der Waals surface area contributed by atoms with Crippen LogP contribution >= 0.6 is 22.9 Å². The van der Waals surface area contributed by atoms with E-state index in [2.05, 4.69) is 15.5 Å². The van der Waals surface area contributed by atoms with Crippen LogP contribution < -0.4 is 5.32 Å². The number of nitrogens with zero attached hydrogens (tertiary/aromatic N) is 2. The Morgan fingerprint density at radius 1 is 1.33 bits per heavy atom. The topological polar surface area (TPSA) is 37.8 Å². The summed E-state index contributed by atoms with van der Waals surface area (Å²) < 4.78 is 0. The molecule has 1 aromatic heterocycles. The second-order valence-electron chi connectivity index (χ2n) is 2.92. The number of rotatable bonds is 3. The highest BCUT2D eigenvalue weighted by atomic mass is 35.5. The first-order valence-electron chi connectivity index (χ1n) is 4.63. The molecule has 0 saturated heterocycles. The fourth-order valence-corrected chi connectivity index (χ4v) is 2.32. The molecule has 15 heavy (non-hydrogen) atoms. The molecule has 3 nitrogen and oxygen atoms in total. The van der Waals surface area contributed by atoms with Crippen LogP contribution in [0, 0.1) is 0 Å². The first kappa shape index (κ1) is 10.4. The van der Waals surface area contributed by atoms with Crippen molar-refractivity contribution in [3.63, 3.8) is 0 Å². The summed E-state index contributed by atoms with van der Waals surface area (Å²) >= 11 is 7.57. The van der Waals surface area contributed by atoms with Crippen molar-refractivity contribution in [2.45, 2.75) is 6.92 Å². The fraction of sp³-hybridized carbons (Fsp3) is 0.200. The average molecular weight is 240 g/mol. The van der Waals surface area contributed by atoms with Crippen molar-refractivity contribution in [3.8, 4) is 10.6 Å². The van der Waals surface area contributed by atoms with Crippen LogP contribution in [0.2, 0.25) is 5.02 Å². The molecular formula is C10H10ClN3S. The van der Waals surface area contributed by atoms with Gasteiger partial charge in [0, 0.05) is 12.1 Å². The molecule has 1 aromatic carbocycles. The van der Waals surface area contributed by atoms with Crippen molar-refractivity contribution in [2.24, 2.45) is 0 Å². The van der Waals surface area contributed by atoms with E-state index in [0.717, 1.165) is 22.2 Å². The van der Waals surface area contributed by atoms with Gasteiger partial charge in [-0.25, -0.2) is 0 Å². The quantitative estimate of drug-likeness (QED) is 0.893. The van der Waals surface area contributed by atoms with Crippen LogP contribution in [0.3, 0.4) is 0 Å². The lowest BCUT2D eigenvalue weighted by molar-refractivity contribution is 1.07. The molecule has 1 N–H and O–H groups in total. The van der Waals surface area contributed by atoms with Crippen molar-refractivity contribution in [1.82, 2.24) is 10.2 Å². The SMILES string of the molecule is CCNc1nnc(-c2ccccc2Cl)s1. The summed E-state index contributed by atoms with van der Waals surface area (Å²) in [4.78, 5) is 0. The Kier molecular flexibility index (Phi) is 3.18. The van der Waals surface area contributed by atoms with Gasteiger partial charge in [0.1, 0.15) is 0 Å². The minimum Gasteiger partial charge on any atom is -0.360 e. The van der Waals surface area contributed by atoms with Crippen LogP contribution in [0.1, 0.15) is 6.92 Å². The maximum atomic E-state index is 6.06. The van der Waals surface area contributed by atoms with Gasteiger partial charge in [0.05, 0.1) is 5.02 Å². The summed E-state index contributed by atoms with van der Waals surface area (Å²) in [5.74, 6) is 0. The van der Waals surface area contributed by atoms with Gasteiger partial charge in [-0.2, -0.15) is 0 Å². The number of halogens is 1. The molecule has 0 radical (unpaired) electrons. The number of hydrogen-bond donors (Lipinski definition) is 1. The Hall–Kier alpha value is -1.13. The van der Waals surface area contributed by atoms with E-state index in [9.17, 15) is 0 Å². The summed E-state index contributed by atoms with van der Waals surface area (Å²) in [6.07, 6.45) is 0. The number of benzene rings is 1. The van der Waals surface area contributed by atoms with Gasteiger partial charge < -0.3 is 5.32 Å². The van der Waals surface area contributed by atoms with Gasteiger partial charge in [-0.3, -0.25) is 0 Å². The van der Waals surface area contributed by atoms with Crippen LogP contribution in [0.15, 0.2) is 24.3 Å². The van der Waals surface area contributed by atoms with Crippen molar-refractivity contribution < 1.29 is 0 Å². The molecule has 2 rings (SSSR count). The minimum atomic E-state index is 0.705. The summed E-state index contributed by atoms with van der Waals surface area (Å²) in [7, 11) is 0. The zero-order chi connectivity index (χ0) is 10.7. The molecule has 0 spiro atoms. The van der Waals surface area contributed by atoms with E-state index in [1.165, 1.54) is 11.3 Å². The molecule has 0 fully saturated rings. The molecule has 0 aliphatic rings. The Labute approximate surface area is 97.1 Å². The predicted molar refractivity (Wildman–Crippen MR) is 64.5 cm³/mol. The van der Waals surface area contributed by atoms with E-state index in [1.807, 2.05) is 31.2 Å². The van der Waals surface area contributed by atoms with E-state index >= 15 is 0 Å². The third kappa shape index (κ3) is 2.27. The highest BCUT2D eigenvalue weighted by Gasteiger charge is 2.08. The first-order chi connectivity index (χ1) is 7.31. The largest absolute Gasteiger partial charge is 0.360 e. The van der Waals surface area contributed by atoms with E-state index in [1.54, 1.807) is 0 Å². The predicted octanol–water partition coefficient (Wildman–Crippen LogP) is 3.29. The van der Waals surface area contributed by atoms with Gasteiger partial charge in [-0.15, -0.1) is 10.2 Å². The Morgan fingerprint density at radius 2 is 2.13 bits per heavy atom. The lowest BCUT2D eigenvalue weighted by atomic mass is 10.2. The van der Waals surface area contributed by atoms with E-state index < -0.39 is 0 Å². The lowest BCUT2D eigenvalue weighted by Crippen LogP contribution is -1.94. The molecule has 5 heteroatoms. The van der Waals surface area contributed by atoms with Crippen LogP contribution in [-0.2, 0) is 0 Å². The highest BCUT2D eigenvalue weighted by molar-refractivity contribution is 7.18. The van der Waals surface area contributed by atoms with Gasteiger partial charge in [-0.1, -0.05) is 41.1 Å². The third-order valence-electron chi connectivity index (χ3n) is 1.86. The number of anilines is 1. The first-order valence-corrected chi connectivity index (χ1v) is 5.83. The van der Waals surface area contributed by atoms with E-state index in [0.29, 0.717) is 5.02 Å². The molecule has 0 amide bonds. The van der Waals surface area contributed by atoms with Gasteiger partial charge in [0.25, 0.3) is 0 Å². The minimum absolute atomic E-state index is 0.705. The Bertz CT molecular complexity index is 455. The normalized spacial score (nSPS) is 10.3. The van der Waals surface area contributed by atoms with Crippen LogP contribution in [0.25, 0.3) is 10.6 Å². The smallest absolute Gasteiger partial charge is 0.205 e. The van der Waals surface area contributed by atoms with Crippen LogP contribution in [0.4, 0.5) is 5.13 Å². The second-order valence-corrected chi connectivity index (χ2v) is 4.31. The molecule has 0 aliphatic heterocycles. The van der Waals surface area contributed by atoms with Crippen molar-refractivity contribution >= 4 is 28.1 Å². The average Bonchev–Trinajstić information content (AvgIpc) is 2.68. The molecule has 0 unspecified atom stereocenters. The summed E-state index contributed by atoms with van der Waals surface area (Å²) in [5.41, 5.74) is 0.931. The molecule has 78 valence electrons. The number of aromatic nitrogens is 2. The lowest BCUT2D eigenvalue weighted by Gasteiger charge is -1.97. The van der Waals surface area contributed by atoms with Crippen molar-refractivity contribution in [2.75, 3.05) is 11.9 Å². The van der Waals surface area contributed by atoms with E-state index in [-0.39, 0.29) is 0 Å². The van der Waals surface area contributed by atoms with Crippen LogP contribution in [-0.4, -0.2) is 16.7 Å². The molecule has 0 aliphatic carbocycles. The van der Waals surface area contributed by atoms with Gasteiger partial charge in [-0.05, 0) is 13.0 Å². The molecule has 2 aromatic rings. The van der Waals surface area contributed by atoms with Crippen molar-refractivity contribution in [3.05, 3.63) is 29.3 Å². The molecular weight excluding hydrogens is 230 g/mol. The summed E-state index contributed by atoms with van der Waals surface area (Å²) in [5, 5.41) is 13.6. The van der Waals surface area contributed by atoms with Crippen LogP contribution in [0.5, 0.6) is 0 Å². The zero-order valence-corrected chi connectivity index (χ0v) is 9.77. The Balaban J connectivity index is 2.33.